The minimum absolute atomic E-state index is 0.000685. The van der Waals surface area contributed by atoms with Crippen LogP contribution in [-0.2, 0) is 4.74 Å². The van der Waals surface area contributed by atoms with E-state index >= 15 is 0 Å². The summed E-state index contributed by atoms with van der Waals surface area (Å²) < 4.78 is 5.62. The average Bonchev–Trinajstić information content (AvgIpc) is 3.17. The van der Waals surface area contributed by atoms with Crippen LogP contribution in [0.2, 0.25) is 0 Å². The third-order valence-electron chi connectivity index (χ3n) is 4.72. The zero-order chi connectivity index (χ0) is 18.5. The van der Waals surface area contributed by atoms with E-state index in [0.29, 0.717) is 0 Å². The molecule has 2 atom stereocenters. The fraction of sp³-hybridized carbons (Fsp3) is 0.381. The molecular weight excluding hydrogens is 326 g/mol. The Bertz CT molecular complexity index is 737. The molecule has 0 bridgehead atoms. The second-order valence-corrected chi connectivity index (χ2v) is 6.96. The van der Waals surface area contributed by atoms with Gasteiger partial charge >= 0.3 is 6.03 Å². The molecule has 1 aliphatic rings. The molecule has 0 radical (unpaired) electrons. The molecule has 0 aromatic heterocycles. The fourth-order valence-corrected chi connectivity index (χ4v) is 3.19. The van der Waals surface area contributed by atoms with E-state index in [2.05, 4.69) is 39.8 Å². The van der Waals surface area contributed by atoms with Gasteiger partial charge in [-0.3, -0.25) is 0 Å². The van der Waals surface area contributed by atoms with Crippen LogP contribution >= 0.6 is 0 Å². The first-order valence-electron chi connectivity index (χ1n) is 9.10. The summed E-state index contributed by atoms with van der Waals surface area (Å²) >= 11 is 0. The van der Waals surface area contributed by atoms with Crippen LogP contribution in [0.15, 0.2) is 48.5 Å². The van der Waals surface area contributed by atoms with Gasteiger partial charge in [-0.15, -0.1) is 0 Å². The van der Waals surface area contributed by atoms with E-state index in [-0.39, 0.29) is 18.2 Å². The van der Waals surface area contributed by atoms with E-state index in [1.54, 1.807) is 0 Å². The number of amides is 2. The third-order valence-corrected chi connectivity index (χ3v) is 4.72. The van der Waals surface area contributed by atoms with Crippen LogP contribution in [0.5, 0.6) is 0 Å². The molecule has 2 amide bonds. The Labute approximate surface area is 155 Å². The molecule has 1 saturated heterocycles. The highest BCUT2D eigenvalue weighted by Crippen LogP contribution is 2.25. The number of rotatable bonds is 5. The van der Waals surface area contributed by atoms with Gasteiger partial charge in [-0.1, -0.05) is 24.3 Å². The maximum absolute atomic E-state index is 12.3. The van der Waals surface area contributed by atoms with Crippen LogP contribution in [0.4, 0.5) is 16.2 Å². The van der Waals surface area contributed by atoms with Crippen molar-refractivity contribution in [1.82, 2.24) is 5.32 Å². The molecular formula is C21H27N3O2. The van der Waals surface area contributed by atoms with Crippen molar-refractivity contribution >= 4 is 17.4 Å². The predicted molar refractivity (Wildman–Crippen MR) is 107 cm³/mol. The van der Waals surface area contributed by atoms with E-state index in [9.17, 15) is 4.79 Å². The summed E-state index contributed by atoms with van der Waals surface area (Å²) in [5.41, 5.74) is 4.12. The van der Waals surface area contributed by atoms with Crippen molar-refractivity contribution in [3.8, 4) is 11.1 Å². The molecule has 5 heteroatoms. The smallest absolute Gasteiger partial charge is 0.319 e. The van der Waals surface area contributed by atoms with Crippen molar-refractivity contribution in [2.45, 2.75) is 31.9 Å². The van der Waals surface area contributed by atoms with Gasteiger partial charge in [0.15, 0.2) is 0 Å². The second-order valence-electron chi connectivity index (χ2n) is 6.96. The van der Waals surface area contributed by atoms with E-state index in [1.165, 1.54) is 0 Å². The van der Waals surface area contributed by atoms with Crippen molar-refractivity contribution < 1.29 is 9.53 Å². The lowest BCUT2D eigenvalue weighted by Crippen LogP contribution is -2.42. The summed E-state index contributed by atoms with van der Waals surface area (Å²) in [5.74, 6) is 0. The Balaban J connectivity index is 1.64. The summed E-state index contributed by atoms with van der Waals surface area (Å²) in [6.07, 6.45) is 2.18. The van der Waals surface area contributed by atoms with Crippen molar-refractivity contribution in [2.24, 2.45) is 0 Å². The van der Waals surface area contributed by atoms with Gasteiger partial charge in [0.25, 0.3) is 0 Å². The van der Waals surface area contributed by atoms with Crippen LogP contribution in [-0.4, -0.2) is 38.9 Å². The lowest BCUT2D eigenvalue weighted by Gasteiger charge is -2.20. The quantitative estimate of drug-likeness (QED) is 0.850. The van der Waals surface area contributed by atoms with Crippen LogP contribution in [0.3, 0.4) is 0 Å². The number of carbonyl (C=O) groups excluding carboxylic acids is 1. The van der Waals surface area contributed by atoms with Gasteiger partial charge in [0.2, 0.25) is 0 Å². The van der Waals surface area contributed by atoms with Gasteiger partial charge in [0.05, 0.1) is 12.1 Å². The summed E-state index contributed by atoms with van der Waals surface area (Å²) in [4.78, 5) is 14.3. The zero-order valence-electron chi connectivity index (χ0n) is 15.7. The molecule has 0 unspecified atom stereocenters. The first-order chi connectivity index (χ1) is 12.5. The molecule has 26 heavy (non-hydrogen) atoms. The number of hydrogen-bond acceptors (Lipinski definition) is 3. The van der Waals surface area contributed by atoms with E-state index < -0.39 is 0 Å². The molecule has 0 aliphatic carbocycles. The summed E-state index contributed by atoms with van der Waals surface area (Å²) in [5, 5.41) is 5.89. The Kier molecular flexibility index (Phi) is 5.78. The van der Waals surface area contributed by atoms with Crippen LogP contribution in [0.1, 0.15) is 19.8 Å². The molecule has 1 aliphatic heterocycles. The monoisotopic (exact) mass is 353 g/mol. The Morgan fingerprint density at radius 3 is 2.58 bits per heavy atom. The third kappa shape index (κ3) is 4.55. The molecule has 2 aromatic rings. The molecule has 1 fully saturated rings. The Hall–Kier alpha value is -2.53. The van der Waals surface area contributed by atoms with Gasteiger partial charge < -0.3 is 20.3 Å². The normalized spacial score (nSPS) is 17.6. The van der Waals surface area contributed by atoms with Crippen LogP contribution < -0.4 is 15.5 Å². The number of hydrogen-bond donors (Lipinski definition) is 2. The van der Waals surface area contributed by atoms with Gasteiger partial charge in [0, 0.05) is 32.1 Å². The van der Waals surface area contributed by atoms with E-state index in [1.807, 2.05) is 45.3 Å². The summed E-state index contributed by atoms with van der Waals surface area (Å²) in [6.45, 7) is 2.77. The van der Waals surface area contributed by atoms with Crippen LogP contribution in [0, 0.1) is 0 Å². The number of urea groups is 1. The molecule has 1 heterocycles. The van der Waals surface area contributed by atoms with E-state index in [4.69, 9.17) is 4.74 Å². The number of nitrogens with zero attached hydrogens (tertiary/aromatic N) is 1. The Morgan fingerprint density at radius 1 is 1.15 bits per heavy atom. The fourth-order valence-electron chi connectivity index (χ4n) is 3.19. The van der Waals surface area contributed by atoms with Gasteiger partial charge in [-0.25, -0.2) is 4.79 Å². The molecule has 5 nitrogen and oxygen atoms in total. The number of carbonyl (C=O) groups is 1. The van der Waals surface area contributed by atoms with Crippen molar-refractivity contribution in [1.29, 1.82) is 0 Å². The summed E-state index contributed by atoms with van der Waals surface area (Å²) in [6, 6.07) is 16.0. The maximum atomic E-state index is 12.3. The topological polar surface area (TPSA) is 53.6 Å². The molecule has 138 valence electrons. The average molecular weight is 353 g/mol. The molecule has 0 spiro atoms. The number of nitrogens with one attached hydrogen (secondary N) is 2. The largest absolute Gasteiger partial charge is 0.378 e. The van der Waals surface area contributed by atoms with Gasteiger partial charge in [-0.2, -0.15) is 0 Å². The molecule has 0 saturated carbocycles. The first kappa shape index (κ1) is 18.3. The molecule has 2 aromatic carbocycles. The maximum Gasteiger partial charge on any atom is 0.319 e. The SMILES string of the molecule is C[C@H](NC(=O)Nc1cccc(-c2ccc(N(C)C)cc2)c1)[C@@H]1CCCO1. The number of benzene rings is 2. The summed E-state index contributed by atoms with van der Waals surface area (Å²) in [7, 11) is 4.05. The lowest BCUT2D eigenvalue weighted by molar-refractivity contribution is 0.0868. The molecule has 3 rings (SSSR count). The zero-order valence-corrected chi connectivity index (χ0v) is 15.7. The minimum Gasteiger partial charge on any atom is -0.378 e. The second kappa shape index (κ2) is 8.23. The van der Waals surface area contributed by atoms with Crippen molar-refractivity contribution in [2.75, 3.05) is 30.9 Å². The number of ether oxygens (including phenoxy) is 1. The number of anilines is 2. The van der Waals surface area contributed by atoms with Gasteiger partial charge in [0.1, 0.15) is 0 Å². The highest BCUT2D eigenvalue weighted by atomic mass is 16.5. The molecule has 2 N–H and O–H groups in total. The lowest BCUT2D eigenvalue weighted by atomic mass is 10.0. The van der Waals surface area contributed by atoms with E-state index in [0.717, 1.165) is 42.0 Å². The Morgan fingerprint density at radius 2 is 1.92 bits per heavy atom. The first-order valence-corrected chi connectivity index (χ1v) is 9.10. The highest BCUT2D eigenvalue weighted by molar-refractivity contribution is 5.90. The van der Waals surface area contributed by atoms with Crippen molar-refractivity contribution in [3.63, 3.8) is 0 Å². The minimum atomic E-state index is -0.201. The van der Waals surface area contributed by atoms with Gasteiger partial charge in [-0.05, 0) is 55.2 Å². The predicted octanol–water partition coefficient (Wildman–Crippen LogP) is 4.11. The standard InChI is InChI=1S/C21H27N3O2/c1-15(20-8-5-13-26-20)22-21(25)23-18-7-4-6-17(14-18)16-9-11-19(12-10-16)24(2)3/h4,6-7,9-12,14-15,20H,5,8,13H2,1-3H3,(H2,22,23,25)/t15-,20-/m0/s1. The van der Waals surface area contributed by atoms with Crippen LogP contribution in [0.25, 0.3) is 11.1 Å². The highest BCUT2D eigenvalue weighted by Gasteiger charge is 2.23. The van der Waals surface area contributed by atoms with Crippen molar-refractivity contribution in [3.05, 3.63) is 48.5 Å².